The highest BCUT2D eigenvalue weighted by atomic mass is 16.4. The molecule has 0 saturated heterocycles. The first kappa shape index (κ1) is 37.7. The summed E-state index contributed by atoms with van der Waals surface area (Å²) < 4.78 is -0.142. The summed E-state index contributed by atoms with van der Waals surface area (Å²) in [6.45, 7) is 1.89. The minimum absolute atomic E-state index is 0.00315. The van der Waals surface area contributed by atoms with E-state index in [-0.39, 0.29) is 97.9 Å². The Balaban J connectivity index is 0.000000336. The molecule has 0 spiro atoms. The van der Waals surface area contributed by atoms with Crippen molar-refractivity contribution in [3.05, 3.63) is 76.3 Å². The fourth-order valence-electron chi connectivity index (χ4n) is 5.01. The fraction of sp³-hybridized carbons (Fsp3) is 0.333. The maximum Gasteiger partial charge on any atom is 0.309 e. The van der Waals surface area contributed by atoms with Gasteiger partial charge in [-0.2, -0.15) is 0 Å². The van der Waals surface area contributed by atoms with Gasteiger partial charge in [-0.05, 0) is 30.2 Å². The fourth-order valence-corrected chi connectivity index (χ4v) is 5.01. The third kappa shape index (κ3) is 12.8. The SMILES string of the molecule is Cc1cc(Cc2ccc(O)cc2O)c([O-])c(Cc2ccc(O)cc2O)c1.O=C(O)CC[N+](CCC(=O)O)(CCC(=O)O)CCC(=O)O. The molecule has 47 heavy (non-hydrogen) atoms. The third-order valence-corrected chi connectivity index (χ3v) is 7.49. The van der Waals surface area contributed by atoms with Gasteiger partial charge in [0, 0.05) is 25.0 Å². The van der Waals surface area contributed by atoms with Crippen molar-refractivity contribution in [1.82, 2.24) is 0 Å². The Morgan fingerprint density at radius 2 is 0.872 bits per heavy atom. The molecule has 0 aromatic heterocycles. The third-order valence-electron chi connectivity index (χ3n) is 7.49. The van der Waals surface area contributed by atoms with Gasteiger partial charge in [-0.3, -0.25) is 19.2 Å². The van der Waals surface area contributed by atoms with E-state index in [4.69, 9.17) is 20.4 Å². The summed E-state index contributed by atoms with van der Waals surface area (Å²) in [6, 6.07) is 12.1. The van der Waals surface area contributed by atoms with Crippen LogP contribution in [0.3, 0.4) is 0 Å². The molecular weight excluding hydrogens is 618 g/mol. The number of carbonyl (C=O) groups is 4. The molecule has 0 bridgehead atoms. The van der Waals surface area contributed by atoms with Crippen LogP contribution in [0.25, 0.3) is 0 Å². The summed E-state index contributed by atoms with van der Waals surface area (Å²) in [5, 5.41) is 86.5. The van der Waals surface area contributed by atoms with Crippen molar-refractivity contribution >= 4 is 23.9 Å². The molecule has 14 heteroatoms. The highest BCUT2D eigenvalue weighted by Gasteiger charge is 2.30. The van der Waals surface area contributed by atoms with E-state index in [1.54, 1.807) is 24.3 Å². The number of benzene rings is 3. The zero-order valence-corrected chi connectivity index (χ0v) is 25.8. The molecule has 0 aliphatic rings. The van der Waals surface area contributed by atoms with Crippen molar-refractivity contribution in [2.75, 3.05) is 26.2 Å². The quantitative estimate of drug-likeness (QED) is 0.103. The van der Waals surface area contributed by atoms with Crippen molar-refractivity contribution in [1.29, 1.82) is 0 Å². The van der Waals surface area contributed by atoms with Crippen LogP contribution in [0, 0.1) is 6.92 Å². The highest BCUT2D eigenvalue weighted by molar-refractivity contribution is 5.68. The monoisotopic (exact) mass is 657 g/mol. The molecule has 0 heterocycles. The summed E-state index contributed by atoms with van der Waals surface area (Å²) >= 11 is 0. The lowest BCUT2D eigenvalue weighted by molar-refractivity contribution is -0.926. The first-order chi connectivity index (χ1) is 22.0. The van der Waals surface area contributed by atoms with Crippen molar-refractivity contribution in [3.63, 3.8) is 0 Å². The van der Waals surface area contributed by atoms with E-state index in [2.05, 4.69) is 0 Å². The van der Waals surface area contributed by atoms with E-state index in [0.29, 0.717) is 22.3 Å². The number of carboxylic acid groups (broad SMARTS) is 4. The van der Waals surface area contributed by atoms with Gasteiger partial charge in [0.2, 0.25) is 0 Å². The van der Waals surface area contributed by atoms with Crippen LogP contribution in [0.4, 0.5) is 0 Å². The van der Waals surface area contributed by atoms with Crippen molar-refractivity contribution in [3.8, 4) is 28.7 Å². The molecule has 0 aliphatic carbocycles. The molecule has 14 nitrogen and oxygen atoms in total. The lowest BCUT2D eigenvalue weighted by Gasteiger charge is -2.37. The number of aryl methyl sites for hydroxylation is 1. The molecule has 0 aliphatic heterocycles. The number of quaternary nitrogens is 1. The molecule has 8 N–H and O–H groups in total. The number of hydrogen-bond donors (Lipinski definition) is 8. The molecule has 0 radical (unpaired) electrons. The molecule has 0 fully saturated rings. The second-order valence-corrected chi connectivity index (χ2v) is 11.2. The van der Waals surface area contributed by atoms with Crippen molar-refractivity contribution < 1.29 is 69.6 Å². The summed E-state index contributed by atoms with van der Waals surface area (Å²) in [6.07, 6.45) is -0.641. The number of nitrogens with zero attached hydrogens (tertiary/aromatic N) is 1. The zero-order chi connectivity index (χ0) is 35.3. The second-order valence-electron chi connectivity index (χ2n) is 11.2. The van der Waals surface area contributed by atoms with Gasteiger partial charge in [-0.1, -0.05) is 41.0 Å². The summed E-state index contributed by atoms with van der Waals surface area (Å²) in [5.41, 5.74) is 3.04. The normalized spacial score (nSPS) is 10.9. The van der Waals surface area contributed by atoms with Crippen LogP contribution in [-0.2, 0) is 32.0 Å². The van der Waals surface area contributed by atoms with Crippen molar-refractivity contribution in [2.24, 2.45) is 0 Å². The predicted octanol–water partition coefficient (Wildman–Crippen LogP) is 2.77. The molecule has 0 unspecified atom stereocenters. The Hall–Kier alpha value is -5.50. The maximum atomic E-state index is 12.8. The summed E-state index contributed by atoms with van der Waals surface area (Å²) in [4.78, 5) is 42.8. The second kappa shape index (κ2) is 17.3. The average Bonchev–Trinajstić information content (AvgIpc) is 2.97. The van der Waals surface area contributed by atoms with Gasteiger partial charge >= 0.3 is 23.9 Å². The standard InChI is InChI=1S/C21H20O5.C12H19NO8/c1-12-6-15(8-13-2-4-17(22)10-19(13)24)21(26)16(7-12)9-14-3-5-18(23)11-20(14)25;14-9(15)1-5-13(6-2-10(16)17,7-3-11(18)19)8-4-12(20)21/h2-7,10-11,22-26H,8-9H2,1H3;1-8H2,(H3-,14,15,16,17,18,19,20,21). The van der Waals surface area contributed by atoms with E-state index < -0.39 is 23.9 Å². The van der Waals surface area contributed by atoms with E-state index in [1.165, 1.54) is 24.3 Å². The van der Waals surface area contributed by atoms with Gasteiger partial charge < -0.3 is 50.4 Å². The minimum Gasteiger partial charge on any atom is -0.872 e. The van der Waals surface area contributed by atoms with Gasteiger partial charge in [-0.25, -0.2) is 0 Å². The molecule has 3 aromatic carbocycles. The zero-order valence-electron chi connectivity index (χ0n) is 25.8. The number of hydrogen-bond acceptors (Lipinski definition) is 9. The van der Waals surface area contributed by atoms with Crippen LogP contribution in [-0.4, -0.2) is 95.4 Å². The van der Waals surface area contributed by atoms with Crippen LogP contribution < -0.4 is 5.11 Å². The number of phenols is 4. The van der Waals surface area contributed by atoms with Gasteiger partial charge in [0.1, 0.15) is 23.0 Å². The topological polar surface area (TPSA) is 253 Å². The van der Waals surface area contributed by atoms with E-state index in [1.807, 2.05) is 6.92 Å². The van der Waals surface area contributed by atoms with Crippen molar-refractivity contribution in [2.45, 2.75) is 45.4 Å². The number of carboxylic acids is 4. The minimum atomic E-state index is -1.10. The Kier molecular flexibility index (Phi) is 13.8. The van der Waals surface area contributed by atoms with Crippen LogP contribution in [0.15, 0.2) is 48.5 Å². The van der Waals surface area contributed by atoms with Gasteiger partial charge in [0.05, 0.1) is 51.9 Å². The molecule has 3 rings (SSSR count). The smallest absolute Gasteiger partial charge is 0.309 e. The molecular formula is C33H39NO13. The number of rotatable bonds is 16. The molecule has 254 valence electrons. The molecule has 0 saturated carbocycles. The summed E-state index contributed by atoms with van der Waals surface area (Å²) in [5.74, 6) is -4.76. The van der Waals surface area contributed by atoms with Gasteiger partial charge in [0.25, 0.3) is 0 Å². The largest absolute Gasteiger partial charge is 0.872 e. The van der Waals surface area contributed by atoms with Gasteiger partial charge in [0.15, 0.2) is 0 Å². The first-order valence-electron chi connectivity index (χ1n) is 14.5. The maximum absolute atomic E-state index is 12.8. The van der Waals surface area contributed by atoms with E-state index in [9.17, 15) is 44.7 Å². The van der Waals surface area contributed by atoms with Crippen LogP contribution in [0.2, 0.25) is 0 Å². The van der Waals surface area contributed by atoms with E-state index in [0.717, 1.165) is 5.56 Å². The lowest BCUT2D eigenvalue weighted by atomic mass is 9.95. The van der Waals surface area contributed by atoms with Crippen LogP contribution in [0.1, 0.15) is 53.5 Å². The number of aliphatic carboxylic acids is 4. The Morgan fingerprint density at radius 1 is 0.553 bits per heavy atom. The molecule has 0 amide bonds. The Bertz CT molecular complexity index is 1430. The Morgan fingerprint density at radius 3 is 1.15 bits per heavy atom. The first-order valence-corrected chi connectivity index (χ1v) is 14.5. The molecule has 3 aromatic rings. The summed E-state index contributed by atoms with van der Waals surface area (Å²) in [7, 11) is 0. The van der Waals surface area contributed by atoms with E-state index >= 15 is 0 Å². The Labute approximate surface area is 270 Å². The predicted molar refractivity (Wildman–Crippen MR) is 165 cm³/mol. The van der Waals surface area contributed by atoms with Crippen LogP contribution >= 0.6 is 0 Å². The van der Waals surface area contributed by atoms with Gasteiger partial charge in [-0.15, -0.1) is 5.75 Å². The number of phenolic OH excluding ortho intramolecular Hbond substituents is 4. The number of aromatic hydroxyl groups is 4. The van der Waals surface area contributed by atoms with Crippen LogP contribution in [0.5, 0.6) is 28.7 Å². The average molecular weight is 658 g/mol. The lowest BCUT2D eigenvalue weighted by Crippen LogP contribution is -2.52. The highest BCUT2D eigenvalue weighted by Crippen LogP contribution is 2.32. The molecule has 0 atom stereocenters.